The number of hydrogen-bond acceptors (Lipinski definition) is 8. The molecule has 0 aliphatic heterocycles. The summed E-state index contributed by atoms with van der Waals surface area (Å²) >= 11 is 0. The minimum absolute atomic E-state index is 0.0363. The number of hydrogen-bond donors (Lipinski definition) is 1. The number of nitriles is 1. The number of pyridine rings is 1. The van der Waals surface area contributed by atoms with Gasteiger partial charge in [0, 0.05) is 38.4 Å². The lowest BCUT2D eigenvalue weighted by Gasteiger charge is -2.17. The highest BCUT2D eigenvalue weighted by Crippen LogP contribution is 2.33. The number of nitrogens with one attached hydrogen (secondary N) is 1. The van der Waals surface area contributed by atoms with Gasteiger partial charge in [-0.15, -0.1) is 10.2 Å². The van der Waals surface area contributed by atoms with Gasteiger partial charge in [-0.05, 0) is 26.3 Å². The van der Waals surface area contributed by atoms with Crippen LogP contribution in [0.3, 0.4) is 0 Å². The number of anilines is 1. The second kappa shape index (κ2) is 10.1. The molecule has 0 bridgehead atoms. The summed E-state index contributed by atoms with van der Waals surface area (Å²) < 4.78 is 6.44. The van der Waals surface area contributed by atoms with Crippen LogP contribution >= 0.6 is 0 Å². The third kappa shape index (κ3) is 4.83. The number of methoxy groups -OCH3 is 1. The lowest BCUT2D eigenvalue weighted by Crippen LogP contribution is -2.26. The van der Waals surface area contributed by atoms with Crippen LogP contribution in [0.2, 0.25) is 0 Å². The molecule has 0 spiro atoms. The highest BCUT2D eigenvalue weighted by atomic mass is 16.6. The smallest absolute Gasteiger partial charge is 0.296 e. The molecule has 0 aliphatic rings. The van der Waals surface area contributed by atoms with Crippen LogP contribution < -0.4 is 10.9 Å². The van der Waals surface area contributed by atoms with E-state index >= 15 is 0 Å². The molecule has 10 nitrogen and oxygen atoms in total. The molecule has 152 valence electrons. The number of azo groups is 1. The van der Waals surface area contributed by atoms with Crippen molar-refractivity contribution in [3.63, 3.8) is 0 Å². The van der Waals surface area contributed by atoms with E-state index in [1.165, 1.54) is 22.8 Å². The molecule has 0 amide bonds. The molecule has 1 heterocycles. The first kappa shape index (κ1) is 21.7. The van der Waals surface area contributed by atoms with E-state index in [-0.39, 0.29) is 16.9 Å². The molecule has 0 radical (unpaired) electrons. The van der Waals surface area contributed by atoms with Gasteiger partial charge in [-0.1, -0.05) is 12.1 Å². The van der Waals surface area contributed by atoms with Gasteiger partial charge in [0.05, 0.1) is 4.92 Å². The van der Waals surface area contributed by atoms with Crippen molar-refractivity contribution in [2.45, 2.75) is 26.8 Å². The molecule has 0 fully saturated rings. The van der Waals surface area contributed by atoms with Crippen molar-refractivity contribution >= 4 is 22.9 Å². The Balaban J connectivity index is 2.61. The zero-order valence-corrected chi connectivity index (χ0v) is 16.5. The minimum atomic E-state index is -0.543. The summed E-state index contributed by atoms with van der Waals surface area (Å²) in [6, 6.07) is 7.88. The number of ether oxygens (including phenoxy) is 1. The van der Waals surface area contributed by atoms with Gasteiger partial charge in [-0.2, -0.15) is 5.26 Å². The highest BCUT2D eigenvalue weighted by Gasteiger charge is 2.19. The number of nitro groups is 1. The molecule has 0 unspecified atom stereocenters. The summed E-state index contributed by atoms with van der Waals surface area (Å²) in [4.78, 5) is 23.3. The van der Waals surface area contributed by atoms with E-state index in [9.17, 15) is 20.2 Å². The predicted octanol–water partition coefficient (Wildman–Crippen LogP) is 3.82. The molecule has 2 rings (SSSR count). The Morgan fingerprint density at radius 1 is 1.34 bits per heavy atom. The van der Waals surface area contributed by atoms with Gasteiger partial charge in [0.15, 0.2) is 5.69 Å². The Bertz CT molecular complexity index is 1020. The quantitative estimate of drug-likeness (QED) is 0.295. The largest absolute Gasteiger partial charge is 0.385 e. The minimum Gasteiger partial charge on any atom is -0.385 e. The van der Waals surface area contributed by atoms with E-state index in [0.29, 0.717) is 43.2 Å². The Morgan fingerprint density at radius 2 is 2.07 bits per heavy atom. The fraction of sp³-hybridized carbons (Fsp3) is 0.368. The molecule has 29 heavy (non-hydrogen) atoms. The van der Waals surface area contributed by atoms with Crippen LogP contribution in [0.1, 0.15) is 24.5 Å². The van der Waals surface area contributed by atoms with Crippen LogP contribution in [0, 0.1) is 28.4 Å². The second-order valence-electron chi connectivity index (χ2n) is 6.08. The van der Waals surface area contributed by atoms with Crippen molar-refractivity contribution in [1.29, 1.82) is 5.26 Å². The third-order valence-electron chi connectivity index (χ3n) is 4.27. The second-order valence-corrected chi connectivity index (χ2v) is 6.08. The molecular weight excluding hydrogens is 376 g/mol. The fourth-order valence-corrected chi connectivity index (χ4v) is 2.79. The van der Waals surface area contributed by atoms with Crippen molar-refractivity contribution in [2.24, 2.45) is 10.2 Å². The average molecular weight is 398 g/mol. The van der Waals surface area contributed by atoms with E-state index in [4.69, 9.17) is 4.74 Å². The van der Waals surface area contributed by atoms with Gasteiger partial charge in [-0.3, -0.25) is 19.5 Å². The average Bonchev–Trinajstić information content (AvgIpc) is 2.71. The van der Waals surface area contributed by atoms with E-state index in [2.05, 4.69) is 15.5 Å². The van der Waals surface area contributed by atoms with Gasteiger partial charge in [0.2, 0.25) is 0 Å². The van der Waals surface area contributed by atoms with Crippen molar-refractivity contribution in [3.8, 4) is 6.07 Å². The predicted molar refractivity (Wildman–Crippen MR) is 108 cm³/mol. The lowest BCUT2D eigenvalue weighted by molar-refractivity contribution is -0.384. The maximum absolute atomic E-state index is 12.6. The Hall–Kier alpha value is -3.58. The number of nitrogens with zero attached hydrogens (tertiary/aromatic N) is 5. The van der Waals surface area contributed by atoms with E-state index in [0.717, 1.165) is 0 Å². The number of para-hydroxylation sites is 1. The highest BCUT2D eigenvalue weighted by molar-refractivity contribution is 5.69. The molecule has 0 aliphatic carbocycles. The molecular formula is C19H22N6O4. The zero-order chi connectivity index (χ0) is 21.4. The Labute approximate surface area is 167 Å². The topological polar surface area (TPSA) is 135 Å². The number of rotatable bonds is 9. The summed E-state index contributed by atoms with van der Waals surface area (Å²) in [5.41, 5.74) is 0.0809. The fourth-order valence-electron chi connectivity index (χ4n) is 2.79. The Kier molecular flexibility index (Phi) is 7.56. The lowest BCUT2D eigenvalue weighted by atomic mass is 10.1. The Morgan fingerprint density at radius 3 is 2.69 bits per heavy atom. The van der Waals surface area contributed by atoms with Gasteiger partial charge < -0.3 is 10.1 Å². The van der Waals surface area contributed by atoms with Crippen LogP contribution in [-0.2, 0) is 11.3 Å². The number of nitro benzene ring substituents is 1. The summed E-state index contributed by atoms with van der Waals surface area (Å²) in [6.07, 6.45) is 0.689. The molecule has 2 aromatic rings. The van der Waals surface area contributed by atoms with E-state index in [1.54, 1.807) is 27.0 Å². The summed E-state index contributed by atoms with van der Waals surface area (Å²) in [7, 11) is 1.60. The molecule has 1 N–H and O–H groups in total. The molecule has 0 saturated heterocycles. The molecule has 0 atom stereocenters. The molecule has 10 heteroatoms. The van der Waals surface area contributed by atoms with Crippen molar-refractivity contribution < 1.29 is 9.66 Å². The first-order valence-corrected chi connectivity index (χ1v) is 9.01. The molecule has 0 saturated carbocycles. The van der Waals surface area contributed by atoms with Crippen molar-refractivity contribution in [2.75, 3.05) is 25.6 Å². The first-order valence-electron chi connectivity index (χ1n) is 9.01. The SMILES string of the molecule is CCn1c(NCCCOC)c(N=Nc2ccccc2[N+](=O)[O-])c(C)c(C#N)c1=O. The number of benzene rings is 1. The van der Waals surface area contributed by atoms with Crippen LogP contribution in [0.15, 0.2) is 39.3 Å². The number of aromatic nitrogens is 1. The maximum atomic E-state index is 12.6. The molecule has 1 aromatic heterocycles. The van der Waals surface area contributed by atoms with Crippen LogP contribution in [0.4, 0.5) is 22.9 Å². The van der Waals surface area contributed by atoms with Crippen LogP contribution in [0.5, 0.6) is 0 Å². The normalized spacial score (nSPS) is 10.8. The first-order chi connectivity index (χ1) is 14.0. The van der Waals surface area contributed by atoms with E-state index in [1.807, 2.05) is 6.07 Å². The zero-order valence-electron chi connectivity index (χ0n) is 16.5. The van der Waals surface area contributed by atoms with Gasteiger partial charge in [0.25, 0.3) is 11.2 Å². The summed E-state index contributed by atoms with van der Waals surface area (Å²) in [5, 5.41) is 32.0. The van der Waals surface area contributed by atoms with Crippen LogP contribution in [-0.4, -0.2) is 29.8 Å². The van der Waals surface area contributed by atoms with Crippen molar-refractivity contribution in [1.82, 2.24) is 4.57 Å². The van der Waals surface area contributed by atoms with E-state index < -0.39 is 10.5 Å². The van der Waals surface area contributed by atoms with Gasteiger partial charge >= 0.3 is 0 Å². The summed E-state index contributed by atoms with van der Waals surface area (Å²) in [6.45, 7) is 4.74. The van der Waals surface area contributed by atoms with Crippen molar-refractivity contribution in [3.05, 3.63) is 55.9 Å². The standard InChI is InChI=1S/C19H22N6O4/c1-4-24-18(21-10-7-11-29-3)17(13(2)14(12-20)19(24)26)23-22-15-8-5-6-9-16(15)25(27)28/h5-6,8-9,21H,4,7,10-11H2,1-3H3. The van der Waals surface area contributed by atoms with Gasteiger partial charge in [-0.25, -0.2) is 0 Å². The van der Waals surface area contributed by atoms with Gasteiger partial charge in [0.1, 0.15) is 23.1 Å². The monoisotopic (exact) mass is 398 g/mol. The summed E-state index contributed by atoms with van der Waals surface area (Å²) in [5.74, 6) is 0.410. The third-order valence-corrected chi connectivity index (χ3v) is 4.27. The maximum Gasteiger partial charge on any atom is 0.296 e. The molecule has 1 aromatic carbocycles. The van der Waals surface area contributed by atoms with Crippen LogP contribution in [0.25, 0.3) is 0 Å².